The van der Waals surface area contributed by atoms with Gasteiger partial charge in [-0.2, -0.15) is 5.10 Å². The minimum atomic E-state index is -0.299. The van der Waals surface area contributed by atoms with E-state index in [1.165, 1.54) is 0 Å². The molecule has 0 bridgehead atoms. The summed E-state index contributed by atoms with van der Waals surface area (Å²) in [5, 5.41) is 18.7. The van der Waals surface area contributed by atoms with Crippen molar-refractivity contribution in [2.75, 3.05) is 10.6 Å². The van der Waals surface area contributed by atoms with Crippen LogP contribution in [0.15, 0.2) is 85.2 Å². The molecule has 2 N–H and O–H groups in total. The number of hydrogen-bond acceptors (Lipinski definition) is 5. The summed E-state index contributed by atoms with van der Waals surface area (Å²) in [6.45, 7) is 2.04. The Morgan fingerprint density at radius 2 is 1.72 bits per heavy atom. The Morgan fingerprint density at radius 1 is 0.931 bits per heavy atom. The lowest BCUT2D eigenvalue weighted by atomic mass is 10.1. The van der Waals surface area contributed by atoms with Crippen LogP contribution in [0, 0.1) is 0 Å². The number of para-hydroxylation sites is 2. The smallest absolute Gasteiger partial charge is 0.276 e. The zero-order valence-electron chi connectivity index (χ0n) is 15.9. The third-order valence-corrected chi connectivity index (χ3v) is 4.45. The number of amides is 1. The van der Waals surface area contributed by atoms with Crippen molar-refractivity contribution in [1.82, 2.24) is 20.0 Å². The van der Waals surface area contributed by atoms with E-state index in [4.69, 9.17) is 0 Å². The molecule has 1 atom stereocenters. The minimum absolute atomic E-state index is 0.0336. The average Bonchev–Trinajstić information content (AvgIpc) is 3.30. The zero-order chi connectivity index (χ0) is 20.1. The van der Waals surface area contributed by atoms with Gasteiger partial charge in [0.25, 0.3) is 5.91 Å². The Bertz CT molecular complexity index is 1080. The molecule has 0 spiro atoms. The van der Waals surface area contributed by atoms with Crippen molar-refractivity contribution in [1.29, 1.82) is 0 Å². The minimum Gasteiger partial charge on any atom is -0.362 e. The standard InChI is InChI=1S/C22H20N6O/c1-16(18-10-5-6-11-20(18)28-15-7-14-23-28)24-21-13-12-19(26-27-21)22(29)25-17-8-3-2-4-9-17/h2-16H,1H3,(H,24,27)(H,25,29). The second-order valence-corrected chi connectivity index (χ2v) is 6.50. The maximum Gasteiger partial charge on any atom is 0.276 e. The Balaban J connectivity index is 1.46. The molecule has 2 aromatic carbocycles. The molecule has 4 rings (SSSR count). The molecule has 2 heterocycles. The first kappa shape index (κ1) is 18.4. The van der Waals surface area contributed by atoms with Gasteiger partial charge in [-0.1, -0.05) is 36.4 Å². The quantitative estimate of drug-likeness (QED) is 0.523. The van der Waals surface area contributed by atoms with Crippen molar-refractivity contribution in [2.45, 2.75) is 13.0 Å². The molecule has 0 fully saturated rings. The Kier molecular flexibility index (Phi) is 5.29. The second-order valence-electron chi connectivity index (χ2n) is 6.50. The molecule has 1 unspecified atom stereocenters. The van der Waals surface area contributed by atoms with Gasteiger partial charge in [0.2, 0.25) is 0 Å². The van der Waals surface area contributed by atoms with E-state index in [1.54, 1.807) is 18.3 Å². The Morgan fingerprint density at radius 3 is 2.45 bits per heavy atom. The SMILES string of the molecule is CC(Nc1ccc(C(=O)Nc2ccccc2)nn1)c1ccccc1-n1cccn1. The fraction of sp³-hybridized carbons (Fsp3) is 0.0909. The highest BCUT2D eigenvalue weighted by Crippen LogP contribution is 2.23. The van der Waals surface area contributed by atoms with Crippen molar-refractivity contribution in [3.8, 4) is 5.69 Å². The maximum absolute atomic E-state index is 12.3. The topological polar surface area (TPSA) is 84.7 Å². The molecule has 2 aromatic heterocycles. The number of rotatable bonds is 6. The van der Waals surface area contributed by atoms with E-state index in [9.17, 15) is 4.79 Å². The maximum atomic E-state index is 12.3. The first-order valence-electron chi connectivity index (χ1n) is 9.26. The van der Waals surface area contributed by atoms with Crippen LogP contribution in [0.3, 0.4) is 0 Å². The largest absolute Gasteiger partial charge is 0.362 e. The number of nitrogens with one attached hydrogen (secondary N) is 2. The van der Waals surface area contributed by atoms with Crippen LogP contribution in [0.4, 0.5) is 11.5 Å². The molecule has 0 radical (unpaired) electrons. The van der Waals surface area contributed by atoms with E-state index in [0.29, 0.717) is 11.5 Å². The molecule has 7 heteroatoms. The van der Waals surface area contributed by atoms with Gasteiger partial charge in [0, 0.05) is 18.1 Å². The van der Waals surface area contributed by atoms with E-state index in [0.717, 1.165) is 11.3 Å². The number of aromatic nitrogens is 4. The van der Waals surface area contributed by atoms with Gasteiger partial charge in [0.1, 0.15) is 5.82 Å². The molecule has 0 aliphatic heterocycles. The first-order chi connectivity index (χ1) is 14.2. The highest BCUT2D eigenvalue weighted by Gasteiger charge is 2.14. The first-order valence-corrected chi connectivity index (χ1v) is 9.26. The van der Waals surface area contributed by atoms with Crippen LogP contribution in [-0.4, -0.2) is 25.9 Å². The molecule has 4 aromatic rings. The monoisotopic (exact) mass is 384 g/mol. The van der Waals surface area contributed by atoms with Gasteiger partial charge in [-0.25, -0.2) is 4.68 Å². The van der Waals surface area contributed by atoms with Gasteiger partial charge < -0.3 is 10.6 Å². The molecular weight excluding hydrogens is 364 g/mol. The zero-order valence-corrected chi connectivity index (χ0v) is 15.9. The van der Waals surface area contributed by atoms with Crippen molar-refractivity contribution in [3.63, 3.8) is 0 Å². The van der Waals surface area contributed by atoms with E-state index in [-0.39, 0.29) is 17.6 Å². The summed E-state index contributed by atoms with van der Waals surface area (Å²) in [7, 11) is 0. The molecular formula is C22H20N6O. The Labute approximate surface area is 168 Å². The van der Waals surface area contributed by atoms with Gasteiger partial charge in [-0.15, -0.1) is 10.2 Å². The molecule has 0 saturated carbocycles. The highest BCUT2D eigenvalue weighted by molar-refractivity contribution is 6.02. The third kappa shape index (κ3) is 4.30. The molecule has 144 valence electrons. The second kappa shape index (κ2) is 8.35. The fourth-order valence-corrected chi connectivity index (χ4v) is 3.02. The lowest BCUT2D eigenvalue weighted by molar-refractivity contribution is 0.102. The van der Waals surface area contributed by atoms with Crippen molar-refractivity contribution < 1.29 is 4.79 Å². The lowest BCUT2D eigenvalue weighted by Gasteiger charge is -2.18. The van der Waals surface area contributed by atoms with E-state index < -0.39 is 0 Å². The Hall–Kier alpha value is -4.00. The third-order valence-electron chi connectivity index (χ3n) is 4.45. The van der Waals surface area contributed by atoms with Crippen LogP contribution >= 0.6 is 0 Å². The van der Waals surface area contributed by atoms with Crippen LogP contribution in [0.2, 0.25) is 0 Å². The predicted molar refractivity (Wildman–Crippen MR) is 112 cm³/mol. The molecule has 0 saturated heterocycles. The molecule has 7 nitrogen and oxygen atoms in total. The summed E-state index contributed by atoms with van der Waals surface area (Å²) in [4.78, 5) is 12.3. The molecule has 0 aliphatic carbocycles. The average molecular weight is 384 g/mol. The molecule has 0 aliphatic rings. The lowest BCUT2D eigenvalue weighted by Crippen LogP contribution is -2.16. The number of carbonyl (C=O) groups excluding carboxylic acids is 1. The summed E-state index contributed by atoms with van der Waals surface area (Å²) >= 11 is 0. The van der Waals surface area contributed by atoms with Crippen molar-refractivity contribution in [3.05, 3.63) is 96.4 Å². The summed E-state index contributed by atoms with van der Waals surface area (Å²) in [6.07, 6.45) is 3.66. The van der Waals surface area contributed by atoms with Crippen LogP contribution in [-0.2, 0) is 0 Å². The van der Waals surface area contributed by atoms with Gasteiger partial charge in [-0.05, 0) is 48.9 Å². The van der Waals surface area contributed by atoms with E-state index in [1.807, 2.05) is 78.5 Å². The van der Waals surface area contributed by atoms with Crippen LogP contribution < -0.4 is 10.6 Å². The number of anilines is 2. The van der Waals surface area contributed by atoms with Crippen LogP contribution in [0.25, 0.3) is 5.69 Å². The summed E-state index contributed by atoms with van der Waals surface area (Å²) in [5.74, 6) is 0.288. The van der Waals surface area contributed by atoms with Gasteiger partial charge in [0.15, 0.2) is 5.69 Å². The molecule has 29 heavy (non-hydrogen) atoms. The summed E-state index contributed by atoms with van der Waals surface area (Å²) in [6, 6.07) is 22.5. The highest BCUT2D eigenvalue weighted by atomic mass is 16.1. The predicted octanol–water partition coefficient (Wildman–Crippen LogP) is 4.09. The number of carbonyl (C=O) groups is 1. The number of hydrogen-bond donors (Lipinski definition) is 2. The van der Waals surface area contributed by atoms with Crippen LogP contribution in [0.5, 0.6) is 0 Å². The van der Waals surface area contributed by atoms with Gasteiger partial charge >= 0.3 is 0 Å². The van der Waals surface area contributed by atoms with Crippen LogP contribution in [0.1, 0.15) is 29.0 Å². The fourth-order valence-electron chi connectivity index (χ4n) is 3.02. The molecule has 1 amide bonds. The summed E-state index contributed by atoms with van der Waals surface area (Å²) in [5.41, 5.74) is 3.03. The van der Waals surface area contributed by atoms with E-state index >= 15 is 0 Å². The summed E-state index contributed by atoms with van der Waals surface area (Å²) < 4.78 is 1.83. The number of nitrogens with zero attached hydrogens (tertiary/aromatic N) is 4. The van der Waals surface area contributed by atoms with Gasteiger partial charge in [0.05, 0.1) is 11.7 Å². The van der Waals surface area contributed by atoms with Crippen molar-refractivity contribution in [2.24, 2.45) is 0 Å². The van der Waals surface area contributed by atoms with Gasteiger partial charge in [-0.3, -0.25) is 4.79 Å². The normalized spacial score (nSPS) is 11.6. The number of benzene rings is 2. The van der Waals surface area contributed by atoms with E-state index in [2.05, 4.69) is 25.9 Å². The van der Waals surface area contributed by atoms with Crippen molar-refractivity contribution >= 4 is 17.4 Å².